The molecule has 0 aliphatic heterocycles. The predicted octanol–water partition coefficient (Wildman–Crippen LogP) is 5.04. The SMILES string of the molecule is CCCc1nc2c(ccc3[nH]c4cnc(OC(=O)OC(C)C)c(C)c4c32)o1. The maximum atomic E-state index is 11.9. The zero-order valence-corrected chi connectivity index (χ0v) is 15.8. The van der Waals surface area contributed by atoms with Crippen LogP contribution >= 0.6 is 0 Å². The van der Waals surface area contributed by atoms with Gasteiger partial charge in [0.15, 0.2) is 11.5 Å². The lowest BCUT2D eigenvalue weighted by Crippen LogP contribution is -2.16. The Kier molecular flexibility index (Phi) is 4.22. The zero-order valence-electron chi connectivity index (χ0n) is 15.8. The molecular weight excluding hydrogens is 346 g/mol. The number of ether oxygens (including phenoxy) is 2. The molecule has 4 aromatic rings. The lowest BCUT2D eigenvalue weighted by molar-refractivity contribution is 0.0714. The number of H-pyrrole nitrogens is 1. The van der Waals surface area contributed by atoms with Crippen molar-refractivity contribution in [2.75, 3.05) is 0 Å². The lowest BCUT2D eigenvalue weighted by Gasteiger charge is -2.09. The largest absolute Gasteiger partial charge is 0.515 e. The summed E-state index contributed by atoms with van der Waals surface area (Å²) >= 11 is 0. The fourth-order valence-corrected chi connectivity index (χ4v) is 3.27. The first-order valence-corrected chi connectivity index (χ1v) is 9.05. The molecule has 0 unspecified atom stereocenters. The summed E-state index contributed by atoms with van der Waals surface area (Å²) in [7, 11) is 0. The van der Waals surface area contributed by atoms with Crippen molar-refractivity contribution in [1.29, 1.82) is 0 Å². The summed E-state index contributed by atoms with van der Waals surface area (Å²) < 4.78 is 16.2. The van der Waals surface area contributed by atoms with Crippen molar-refractivity contribution < 1.29 is 18.7 Å². The van der Waals surface area contributed by atoms with E-state index in [1.165, 1.54) is 0 Å². The molecule has 4 rings (SSSR count). The molecule has 7 heteroatoms. The fourth-order valence-electron chi connectivity index (χ4n) is 3.27. The number of carbonyl (C=O) groups excluding carboxylic acids is 1. The van der Waals surface area contributed by atoms with Gasteiger partial charge in [-0.05, 0) is 39.3 Å². The minimum absolute atomic E-state index is 0.225. The molecule has 1 aromatic carbocycles. The Labute approximate surface area is 155 Å². The summed E-state index contributed by atoms with van der Waals surface area (Å²) in [6.07, 6.45) is 2.37. The van der Waals surface area contributed by atoms with Crippen LogP contribution in [0.1, 0.15) is 38.6 Å². The van der Waals surface area contributed by atoms with E-state index in [1.807, 2.05) is 19.1 Å². The number of carbonyl (C=O) groups is 1. The second-order valence-electron chi connectivity index (χ2n) is 6.81. The number of hydrogen-bond acceptors (Lipinski definition) is 6. The van der Waals surface area contributed by atoms with E-state index >= 15 is 0 Å². The van der Waals surface area contributed by atoms with E-state index in [0.29, 0.717) is 0 Å². The number of aryl methyl sites for hydroxylation is 2. The summed E-state index contributed by atoms with van der Waals surface area (Å²) in [5.41, 5.74) is 4.06. The smallest absolute Gasteiger partial charge is 0.441 e. The fraction of sp³-hybridized carbons (Fsp3) is 0.350. The van der Waals surface area contributed by atoms with Crippen LogP contribution in [0.4, 0.5) is 4.79 Å². The zero-order chi connectivity index (χ0) is 19.1. The van der Waals surface area contributed by atoms with Crippen molar-refractivity contribution in [2.45, 2.75) is 46.6 Å². The number of benzene rings is 1. The average Bonchev–Trinajstić information content (AvgIpc) is 3.17. The van der Waals surface area contributed by atoms with Crippen molar-refractivity contribution in [1.82, 2.24) is 15.0 Å². The summed E-state index contributed by atoms with van der Waals surface area (Å²) in [5.74, 6) is 0.946. The molecule has 0 amide bonds. The van der Waals surface area contributed by atoms with Crippen LogP contribution in [0.3, 0.4) is 0 Å². The highest BCUT2D eigenvalue weighted by atomic mass is 16.7. The highest BCUT2D eigenvalue weighted by molar-refractivity contribution is 6.19. The molecule has 3 heterocycles. The number of rotatable bonds is 4. The van der Waals surface area contributed by atoms with Crippen molar-refractivity contribution in [3.05, 3.63) is 29.8 Å². The molecule has 0 radical (unpaired) electrons. The second kappa shape index (κ2) is 6.57. The molecule has 0 bridgehead atoms. The Morgan fingerprint density at radius 3 is 2.81 bits per heavy atom. The van der Waals surface area contributed by atoms with Gasteiger partial charge in [-0.3, -0.25) is 0 Å². The van der Waals surface area contributed by atoms with Crippen LogP contribution in [0.25, 0.3) is 32.9 Å². The van der Waals surface area contributed by atoms with Crippen molar-refractivity contribution in [2.24, 2.45) is 0 Å². The Hall–Kier alpha value is -3.09. The van der Waals surface area contributed by atoms with Crippen LogP contribution in [0.2, 0.25) is 0 Å². The van der Waals surface area contributed by atoms with E-state index in [0.717, 1.165) is 57.2 Å². The molecule has 0 aliphatic carbocycles. The normalized spacial score (nSPS) is 11.7. The molecule has 140 valence electrons. The van der Waals surface area contributed by atoms with E-state index in [-0.39, 0.29) is 12.0 Å². The van der Waals surface area contributed by atoms with Crippen LogP contribution in [0, 0.1) is 6.92 Å². The van der Waals surface area contributed by atoms with Crippen molar-refractivity contribution >= 4 is 39.1 Å². The Balaban J connectivity index is 1.90. The van der Waals surface area contributed by atoms with E-state index in [2.05, 4.69) is 21.9 Å². The number of nitrogens with zero attached hydrogens (tertiary/aromatic N) is 2. The van der Waals surface area contributed by atoms with Crippen LogP contribution in [-0.2, 0) is 11.2 Å². The molecule has 1 N–H and O–H groups in total. The van der Waals surface area contributed by atoms with E-state index in [4.69, 9.17) is 13.9 Å². The van der Waals surface area contributed by atoms with Gasteiger partial charge in [-0.15, -0.1) is 0 Å². The third-order valence-corrected chi connectivity index (χ3v) is 4.38. The minimum atomic E-state index is -0.767. The summed E-state index contributed by atoms with van der Waals surface area (Å²) in [4.78, 5) is 24.2. The van der Waals surface area contributed by atoms with E-state index in [1.54, 1.807) is 20.0 Å². The van der Waals surface area contributed by atoms with Gasteiger partial charge in [-0.25, -0.2) is 14.8 Å². The van der Waals surface area contributed by atoms with Gasteiger partial charge in [0.05, 0.1) is 17.8 Å². The summed E-state index contributed by atoms with van der Waals surface area (Å²) in [5, 5.41) is 1.85. The quantitative estimate of drug-likeness (QED) is 0.508. The number of nitrogens with one attached hydrogen (secondary N) is 1. The first-order chi connectivity index (χ1) is 13.0. The predicted molar refractivity (Wildman–Crippen MR) is 102 cm³/mol. The van der Waals surface area contributed by atoms with E-state index < -0.39 is 6.16 Å². The first kappa shape index (κ1) is 17.3. The standard InChI is InChI=1S/C20H21N3O4/c1-5-6-15-23-18-14(26-15)8-7-12-17(18)16-11(4)19(21-9-13(16)22-12)27-20(24)25-10(2)3/h7-10,22H,5-6H2,1-4H3. The molecule has 0 fully saturated rings. The maximum absolute atomic E-state index is 11.9. The highest BCUT2D eigenvalue weighted by Gasteiger charge is 2.19. The molecule has 0 aliphatic rings. The second-order valence-corrected chi connectivity index (χ2v) is 6.81. The molecule has 0 atom stereocenters. The first-order valence-electron chi connectivity index (χ1n) is 9.05. The molecule has 7 nitrogen and oxygen atoms in total. The average molecular weight is 367 g/mol. The highest BCUT2D eigenvalue weighted by Crippen LogP contribution is 2.36. The summed E-state index contributed by atoms with van der Waals surface area (Å²) in [6, 6.07) is 3.88. The number of pyridine rings is 1. The van der Waals surface area contributed by atoms with Crippen molar-refractivity contribution in [3.8, 4) is 5.88 Å². The van der Waals surface area contributed by atoms with Crippen LogP contribution in [-0.4, -0.2) is 27.2 Å². The van der Waals surface area contributed by atoms with Gasteiger partial charge in [-0.1, -0.05) is 6.92 Å². The van der Waals surface area contributed by atoms with Crippen LogP contribution in [0.5, 0.6) is 5.88 Å². The topological polar surface area (TPSA) is 90.2 Å². The Bertz CT molecular complexity index is 1160. The molecule has 0 saturated carbocycles. The molecule has 3 aromatic heterocycles. The summed E-state index contributed by atoms with van der Waals surface area (Å²) in [6.45, 7) is 7.48. The minimum Gasteiger partial charge on any atom is -0.441 e. The van der Waals surface area contributed by atoms with Gasteiger partial charge in [0, 0.05) is 28.3 Å². The molecule has 27 heavy (non-hydrogen) atoms. The van der Waals surface area contributed by atoms with Gasteiger partial charge >= 0.3 is 6.16 Å². The van der Waals surface area contributed by atoms with Gasteiger partial charge < -0.3 is 18.9 Å². The Morgan fingerprint density at radius 2 is 2.07 bits per heavy atom. The third kappa shape index (κ3) is 2.99. The molecule has 0 saturated heterocycles. The van der Waals surface area contributed by atoms with Gasteiger partial charge in [-0.2, -0.15) is 0 Å². The number of aromatic amines is 1. The van der Waals surface area contributed by atoms with E-state index in [9.17, 15) is 4.79 Å². The lowest BCUT2D eigenvalue weighted by atomic mass is 10.1. The van der Waals surface area contributed by atoms with Gasteiger partial charge in [0.2, 0.25) is 5.88 Å². The van der Waals surface area contributed by atoms with Gasteiger partial charge in [0.1, 0.15) is 5.52 Å². The number of hydrogen-bond donors (Lipinski definition) is 1. The van der Waals surface area contributed by atoms with Crippen molar-refractivity contribution in [3.63, 3.8) is 0 Å². The van der Waals surface area contributed by atoms with Crippen LogP contribution in [0.15, 0.2) is 22.7 Å². The third-order valence-electron chi connectivity index (χ3n) is 4.38. The maximum Gasteiger partial charge on any atom is 0.515 e. The number of oxazole rings is 1. The van der Waals surface area contributed by atoms with Gasteiger partial charge in [0.25, 0.3) is 0 Å². The van der Waals surface area contributed by atoms with Crippen LogP contribution < -0.4 is 4.74 Å². The monoisotopic (exact) mass is 367 g/mol. The number of fused-ring (bicyclic) bond motifs is 5. The number of aromatic nitrogens is 3. The molecule has 0 spiro atoms. The molecular formula is C20H21N3O4. The Morgan fingerprint density at radius 1 is 1.26 bits per heavy atom.